The summed E-state index contributed by atoms with van der Waals surface area (Å²) in [7, 11) is 1.38. The van der Waals surface area contributed by atoms with Crippen molar-refractivity contribution in [3.63, 3.8) is 0 Å². The van der Waals surface area contributed by atoms with Crippen LogP contribution in [0.1, 0.15) is 54.9 Å². The van der Waals surface area contributed by atoms with Crippen molar-refractivity contribution < 1.29 is 14.4 Å². The molecule has 1 aromatic heterocycles. The van der Waals surface area contributed by atoms with Crippen molar-refractivity contribution in [2.24, 2.45) is 10.7 Å². The van der Waals surface area contributed by atoms with E-state index in [0.717, 1.165) is 48.2 Å². The summed E-state index contributed by atoms with van der Waals surface area (Å²) in [5.74, 6) is 0.869. The molecule has 2 aromatic rings. The fourth-order valence-corrected chi connectivity index (χ4v) is 3.32. The van der Waals surface area contributed by atoms with Gasteiger partial charge in [-0.25, -0.2) is 15.3 Å². The lowest BCUT2D eigenvalue weighted by Gasteiger charge is -2.11. The highest BCUT2D eigenvalue weighted by molar-refractivity contribution is 5.89. The highest BCUT2D eigenvalue weighted by Gasteiger charge is 2.09. The largest absolute Gasteiger partial charge is 0.465 e. The second-order valence-electron chi connectivity index (χ2n) is 7.29. The number of aliphatic imine (C=N–C) groups is 1. The minimum atomic E-state index is -0.340. The molecule has 3 rings (SSSR count). The average Bonchev–Trinajstić information content (AvgIpc) is 3.17. The third-order valence-electron chi connectivity index (χ3n) is 4.97. The number of ether oxygens (including phenoxy) is 1. The fourth-order valence-electron chi connectivity index (χ4n) is 3.32. The standard InChI is InChI=1S/C23H30N4O3/c1-3-4-15-30-26-22-21-18(7-5-6-8-20(24)25-22)13-14-27(21)16-17-9-11-19(12-10-17)23(28)29-2/h7,9-14,26H,3-6,8,15-16H2,1-2H3,(H2,24,25)/b18-7-,22-21-. The molecule has 1 aromatic carbocycles. The third kappa shape index (κ3) is 5.51. The molecule has 0 saturated carbocycles. The van der Waals surface area contributed by atoms with Gasteiger partial charge in [0.25, 0.3) is 0 Å². The Morgan fingerprint density at radius 3 is 2.80 bits per heavy atom. The molecule has 0 spiro atoms. The van der Waals surface area contributed by atoms with E-state index in [2.05, 4.69) is 34.1 Å². The number of rotatable bonds is 8. The summed E-state index contributed by atoms with van der Waals surface area (Å²) >= 11 is 0. The first-order valence-corrected chi connectivity index (χ1v) is 10.4. The Morgan fingerprint density at radius 2 is 2.07 bits per heavy atom. The van der Waals surface area contributed by atoms with E-state index in [4.69, 9.17) is 15.3 Å². The number of carbonyl (C=O) groups excluding carboxylic acids is 1. The van der Waals surface area contributed by atoms with Crippen LogP contribution in [-0.2, 0) is 16.1 Å². The van der Waals surface area contributed by atoms with Gasteiger partial charge in [0.05, 0.1) is 24.6 Å². The lowest BCUT2D eigenvalue weighted by molar-refractivity contribution is 0.0600. The first-order chi connectivity index (χ1) is 14.6. The van der Waals surface area contributed by atoms with E-state index in [9.17, 15) is 4.79 Å². The average molecular weight is 411 g/mol. The molecular formula is C23H30N4O3. The molecule has 0 amide bonds. The van der Waals surface area contributed by atoms with Crippen LogP contribution >= 0.6 is 0 Å². The van der Waals surface area contributed by atoms with E-state index >= 15 is 0 Å². The number of amidine groups is 1. The van der Waals surface area contributed by atoms with Gasteiger partial charge in [0.1, 0.15) is 5.84 Å². The van der Waals surface area contributed by atoms with Gasteiger partial charge >= 0.3 is 5.97 Å². The Kier molecular flexibility index (Phi) is 7.68. The summed E-state index contributed by atoms with van der Waals surface area (Å²) in [6.45, 7) is 3.35. The van der Waals surface area contributed by atoms with E-state index < -0.39 is 0 Å². The molecule has 1 aliphatic heterocycles. The van der Waals surface area contributed by atoms with Crippen LogP contribution < -0.4 is 21.8 Å². The zero-order valence-corrected chi connectivity index (χ0v) is 17.7. The predicted octanol–water partition coefficient (Wildman–Crippen LogP) is 2.03. The molecule has 3 N–H and O–H groups in total. The number of methoxy groups -OCH3 is 1. The Bertz CT molecular complexity index is 1010. The van der Waals surface area contributed by atoms with Gasteiger partial charge in [0.15, 0.2) is 5.82 Å². The van der Waals surface area contributed by atoms with E-state index in [1.165, 1.54) is 7.11 Å². The summed E-state index contributed by atoms with van der Waals surface area (Å²) in [5, 5.41) is 2.04. The number of hydrogen-bond acceptors (Lipinski definition) is 6. The Labute approximate surface area is 176 Å². The van der Waals surface area contributed by atoms with Gasteiger partial charge in [-0.2, -0.15) is 0 Å². The van der Waals surface area contributed by atoms with E-state index in [-0.39, 0.29) is 5.97 Å². The van der Waals surface area contributed by atoms with Crippen molar-refractivity contribution in [3.8, 4) is 0 Å². The minimum absolute atomic E-state index is 0.340. The lowest BCUT2D eigenvalue weighted by atomic mass is 10.1. The molecule has 1 aliphatic rings. The first-order valence-electron chi connectivity index (χ1n) is 10.4. The van der Waals surface area contributed by atoms with Crippen molar-refractivity contribution in [2.45, 2.75) is 45.6 Å². The van der Waals surface area contributed by atoms with Crippen LogP contribution in [0.2, 0.25) is 0 Å². The summed E-state index contributed by atoms with van der Waals surface area (Å²) in [6.07, 6.45) is 8.91. The number of nitrogens with zero attached hydrogens (tertiary/aromatic N) is 2. The number of nitrogens with two attached hydrogens (primary N) is 1. The molecule has 2 heterocycles. The number of nitrogens with one attached hydrogen (secondary N) is 1. The highest BCUT2D eigenvalue weighted by Crippen LogP contribution is 2.08. The van der Waals surface area contributed by atoms with Crippen molar-refractivity contribution in [2.75, 3.05) is 13.7 Å². The van der Waals surface area contributed by atoms with Crippen LogP contribution in [0.15, 0.2) is 41.5 Å². The number of fused-ring (bicyclic) bond motifs is 1. The molecule has 0 saturated heterocycles. The number of carbonyl (C=O) groups is 1. The number of esters is 1. The van der Waals surface area contributed by atoms with Crippen molar-refractivity contribution >= 4 is 23.7 Å². The smallest absolute Gasteiger partial charge is 0.337 e. The molecule has 0 bridgehead atoms. The maximum atomic E-state index is 11.7. The maximum absolute atomic E-state index is 11.7. The number of aromatic nitrogens is 1. The highest BCUT2D eigenvalue weighted by atomic mass is 16.6. The first kappa shape index (κ1) is 21.6. The number of hydroxylamine groups is 1. The summed E-state index contributed by atoms with van der Waals surface area (Å²) in [6, 6.07) is 9.50. The van der Waals surface area contributed by atoms with Gasteiger partial charge in [-0.05, 0) is 48.2 Å². The van der Waals surface area contributed by atoms with Gasteiger partial charge in [0, 0.05) is 19.2 Å². The SMILES string of the molecule is CCCCONC1=c2/c(ccn2Cc2ccc(C(=O)OC)cc2)=C\CCC/C(N)=N\1. The summed E-state index contributed by atoms with van der Waals surface area (Å²) in [5.41, 5.74) is 10.8. The second kappa shape index (κ2) is 10.6. The number of benzene rings is 1. The normalized spacial score (nSPS) is 18.6. The van der Waals surface area contributed by atoms with Crippen molar-refractivity contribution in [1.29, 1.82) is 0 Å². The monoisotopic (exact) mass is 410 g/mol. The predicted molar refractivity (Wildman–Crippen MR) is 118 cm³/mol. The van der Waals surface area contributed by atoms with E-state index in [0.29, 0.717) is 30.4 Å². The third-order valence-corrected chi connectivity index (χ3v) is 4.97. The zero-order valence-electron chi connectivity index (χ0n) is 17.7. The lowest BCUT2D eigenvalue weighted by Crippen LogP contribution is -2.36. The maximum Gasteiger partial charge on any atom is 0.337 e. The number of hydrogen-bond donors (Lipinski definition) is 2. The number of unbranched alkanes of at least 4 members (excludes halogenated alkanes) is 1. The minimum Gasteiger partial charge on any atom is -0.465 e. The quantitative estimate of drug-likeness (QED) is 0.395. The van der Waals surface area contributed by atoms with E-state index in [1.807, 2.05) is 18.3 Å². The molecule has 160 valence electrons. The Balaban J connectivity index is 1.98. The van der Waals surface area contributed by atoms with Crippen LogP contribution in [0.25, 0.3) is 11.9 Å². The van der Waals surface area contributed by atoms with Gasteiger partial charge in [-0.3, -0.25) is 4.84 Å². The molecule has 0 aliphatic carbocycles. The van der Waals surface area contributed by atoms with Crippen LogP contribution in [0.3, 0.4) is 0 Å². The zero-order chi connectivity index (χ0) is 21.3. The van der Waals surface area contributed by atoms with Crippen LogP contribution in [-0.4, -0.2) is 30.1 Å². The van der Waals surface area contributed by atoms with Crippen molar-refractivity contribution in [3.05, 3.63) is 58.2 Å². The van der Waals surface area contributed by atoms with Crippen LogP contribution in [0.4, 0.5) is 0 Å². The van der Waals surface area contributed by atoms with E-state index in [1.54, 1.807) is 12.1 Å². The summed E-state index contributed by atoms with van der Waals surface area (Å²) in [4.78, 5) is 22.0. The molecule has 7 heteroatoms. The molecule has 0 radical (unpaired) electrons. The Hall–Kier alpha value is -3.06. The molecule has 7 nitrogen and oxygen atoms in total. The molecule has 30 heavy (non-hydrogen) atoms. The fraction of sp³-hybridized carbons (Fsp3) is 0.391. The molecule has 0 unspecified atom stereocenters. The second-order valence-corrected chi connectivity index (χ2v) is 7.29. The van der Waals surface area contributed by atoms with Gasteiger partial charge in [0.2, 0.25) is 0 Å². The molecule has 0 fully saturated rings. The molecule has 0 atom stereocenters. The molecular weight excluding hydrogens is 380 g/mol. The Morgan fingerprint density at radius 1 is 1.27 bits per heavy atom. The van der Waals surface area contributed by atoms with Gasteiger partial charge in [-0.1, -0.05) is 31.6 Å². The van der Waals surface area contributed by atoms with Crippen LogP contribution in [0, 0.1) is 0 Å². The van der Waals surface area contributed by atoms with Crippen LogP contribution in [0.5, 0.6) is 0 Å². The topological polar surface area (TPSA) is 90.9 Å². The van der Waals surface area contributed by atoms with Gasteiger partial charge < -0.3 is 15.0 Å². The van der Waals surface area contributed by atoms with Gasteiger partial charge in [-0.15, -0.1) is 0 Å². The summed E-state index contributed by atoms with van der Waals surface area (Å²) < 4.78 is 6.89. The van der Waals surface area contributed by atoms with Crippen molar-refractivity contribution in [1.82, 2.24) is 10.0 Å².